The van der Waals surface area contributed by atoms with Gasteiger partial charge in [-0.05, 0) is 25.5 Å². The lowest BCUT2D eigenvalue weighted by atomic mass is 10.1. The molecule has 2 unspecified atom stereocenters. The van der Waals surface area contributed by atoms with Gasteiger partial charge in [0.15, 0.2) is 0 Å². The first kappa shape index (κ1) is 14.6. The number of rotatable bonds is 8. The first-order valence-corrected chi connectivity index (χ1v) is 7.69. The summed E-state index contributed by atoms with van der Waals surface area (Å²) in [6.07, 6.45) is 3.77. The third-order valence-electron chi connectivity index (χ3n) is 3.13. The molecule has 0 radical (unpaired) electrons. The second kappa shape index (κ2) is 8.60. The van der Waals surface area contributed by atoms with Crippen molar-refractivity contribution in [1.82, 2.24) is 5.32 Å². The summed E-state index contributed by atoms with van der Waals surface area (Å²) in [5, 5.41) is 4.19. The number of hydrogen-bond donors (Lipinski definition) is 1. The van der Waals surface area contributed by atoms with Crippen LogP contribution in [0, 0.1) is 0 Å². The van der Waals surface area contributed by atoms with Crippen molar-refractivity contribution in [2.45, 2.75) is 50.2 Å². The molecule has 0 aromatic heterocycles. The molecule has 1 rings (SSSR count). The molecular formula is C15H25NS. The van der Waals surface area contributed by atoms with Crippen LogP contribution in [0.2, 0.25) is 0 Å². The van der Waals surface area contributed by atoms with Gasteiger partial charge in [0.05, 0.1) is 0 Å². The zero-order chi connectivity index (χ0) is 12.5. The Kier molecular flexibility index (Phi) is 7.38. The van der Waals surface area contributed by atoms with Gasteiger partial charge in [-0.1, -0.05) is 50.6 Å². The summed E-state index contributed by atoms with van der Waals surface area (Å²) in [5.41, 5.74) is 1.43. The van der Waals surface area contributed by atoms with Gasteiger partial charge in [-0.2, -0.15) is 11.8 Å². The molecule has 0 saturated heterocycles. The molecule has 2 atom stereocenters. The Labute approximate surface area is 110 Å². The van der Waals surface area contributed by atoms with E-state index in [2.05, 4.69) is 68.3 Å². The van der Waals surface area contributed by atoms with Crippen molar-refractivity contribution in [2.75, 3.05) is 7.05 Å². The number of benzene rings is 1. The minimum atomic E-state index is 0.652. The lowest BCUT2D eigenvalue weighted by Gasteiger charge is -2.25. The van der Waals surface area contributed by atoms with Crippen LogP contribution >= 0.6 is 11.8 Å². The van der Waals surface area contributed by atoms with Crippen molar-refractivity contribution in [3.8, 4) is 0 Å². The predicted octanol–water partition coefficient (Wildman–Crippen LogP) is 4.09. The second-order valence-electron chi connectivity index (χ2n) is 4.43. The lowest BCUT2D eigenvalue weighted by Crippen LogP contribution is -2.35. The maximum Gasteiger partial charge on any atom is 0.0201 e. The molecule has 0 aliphatic carbocycles. The van der Waals surface area contributed by atoms with Gasteiger partial charge < -0.3 is 5.32 Å². The molecule has 0 bridgehead atoms. The topological polar surface area (TPSA) is 12.0 Å². The summed E-state index contributed by atoms with van der Waals surface area (Å²) in [5.74, 6) is 1.13. The molecule has 96 valence electrons. The molecule has 1 nitrogen and oxygen atoms in total. The van der Waals surface area contributed by atoms with E-state index >= 15 is 0 Å². The van der Waals surface area contributed by atoms with Crippen LogP contribution in [0.5, 0.6) is 0 Å². The fraction of sp³-hybridized carbons (Fsp3) is 0.600. The van der Waals surface area contributed by atoms with Crippen LogP contribution in [0.4, 0.5) is 0 Å². The number of thioether (sulfide) groups is 1. The van der Waals surface area contributed by atoms with E-state index in [9.17, 15) is 0 Å². The normalized spacial score (nSPS) is 14.5. The maximum atomic E-state index is 3.47. The molecule has 2 heteroatoms. The van der Waals surface area contributed by atoms with Gasteiger partial charge in [-0.25, -0.2) is 0 Å². The molecule has 1 N–H and O–H groups in total. The lowest BCUT2D eigenvalue weighted by molar-refractivity contribution is 0.490. The van der Waals surface area contributed by atoms with E-state index in [0.717, 1.165) is 11.0 Å². The molecule has 17 heavy (non-hydrogen) atoms. The Morgan fingerprint density at radius 3 is 2.41 bits per heavy atom. The van der Waals surface area contributed by atoms with Crippen molar-refractivity contribution < 1.29 is 0 Å². The summed E-state index contributed by atoms with van der Waals surface area (Å²) in [6, 6.07) is 11.4. The largest absolute Gasteiger partial charge is 0.316 e. The first-order chi connectivity index (χ1) is 8.31. The van der Waals surface area contributed by atoms with Crippen LogP contribution in [0.1, 0.15) is 38.7 Å². The minimum absolute atomic E-state index is 0.652. The van der Waals surface area contributed by atoms with Crippen molar-refractivity contribution in [1.29, 1.82) is 0 Å². The standard InChI is InChI=1S/C15H25NS/c1-4-9-14(16-3)15(5-2)17-12-13-10-7-6-8-11-13/h6-8,10-11,14-16H,4-5,9,12H2,1-3H3. The highest BCUT2D eigenvalue weighted by atomic mass is 32.2. The molecule has 0 amide bonds. The van der Waals surface area contributed by atoms with Gasteiger partial charge in [-0.15, -0.1) is 0 Å². The Morgan fingerprint density at radius 1 is 1.18 bits per heavy atom. The van der Waals surface area contributed by atoms with E-state index in [0.29, 0.717) is 6.04 Å². The highest BCUT2D eigenvalue weighted by Crippen LogP contribution is 2.24. The smallest absolute Gasteiger partial charge is 0.0201 e. The van der Waals surface area contributed by atoms with Crippen molar-refractivity contribution >= 4 is 11.8 Å². The average molecular weight is 251 g/mol. The van der Waals surface area contributed by atoms with E-state index < -0.39 is 0 Å². The molecule has 0 saturated carbocycles. The van der Waals surface area contributed by atoms with Crippen LogP contribution in [-0.4, -0.2) is 18.3 Å². The molecule has 0 aliphatic heterocycles. The van der Waals surface area contributed by atoms with Gasteiger partial charge in [0.2, 0.25) is 0 Å². The van der Waals surface area contributed by atoms with Crippen LogP contribution in [0.25, 0.3) is 0 Å². The van der Waals surface area contributed by atoms with Gasteiger partial charge in [0, 0.05) is 17.0 Å². The maximum absolute atomic E-state index is 3.47. The van der Waals surface area contributed by atoms with E-state index in [1.54, 1.807) is 0 Å². The van der Waals surface area contributed by atoms with Gasteiger partial charge >= 0.3 is 0 Å². The van der Waals surface area contributed by atoms with E-state index in [1.165, 1.54) is 24.8 Å². The Balaban J connectivity index is 2.46. The van der Waals surface area contributed by atoms with E-state index in [-0.39, 0.29) is 0 Å². The van der Waals surface area contributed by atoms with Crippen molar-refractivity contribution in [3.05, 3.63) is 35.9 Å². The molecule has 0 heterocycles. The highest BCUT2D eigenvalue weighted by Gasteiger charge is 2.17. The third kappa shape index (κ3) is 5.13. The summed E-state index contributed by atoms with van der Waals surface area (Å²) in [4.78, 5) is 0. The average Bonchev–Trinajstić information content (AvgIpc) is 2.39. The van der Waals surface area contributed by atoms with Crippen molar-refractivity contribution in [2.24, 2.45) is 0 Å². The number of nitrogens with one attached hydrogen (secondary N) is 1. The Bertz CT molecular complexity index is 286. The monoisotopic (exact) mass is 251 g/mol. The molecule has 0 spiro atoms. The molecule has 1 aromatic carbocycles. The third-order valence-corrected chi connectivity index (χ3v) is 4.72. The van der Waals surface area contributed by atoms with Crippen LogP contribution < -0.4 is 5.32 Å². The first-order valence-electron chi connectivity index (χ1n) is 6.64. The molecule has 0 aliphatic rings. The SMILES string of the molecule is CCCC(NC)C(CC)SCc1ccccc1. The van der Waals surface area contributed by atoms with Crippen LogP contribution in [0.15, 0.2) is 30.3 Å². The fourth-order valence-corrected chi connectivity index (χ4v) is 3.46. The zero-order valence-corrected chi connectivity index (χ0v) is 12.1. The van der Waals surface area contributed by atoms with Crippen LogP contribution in [-0.2, 0) is 5.75 Å². The fourth-order valence-electron chi connectivity index (χ4n) is 2.12. The molecule has 0 fully saturated rings. The minimum Gasteiger partial charge on any atom is -0.316 e. The number of hydrogen-bond acceptors (Lipinski definition) is 2. The summed E-state index contributed by atoms with van der Waals surface area (Å²) < 4.78 is 0. The Morgan fingerprint density at radius 2 is 1.88 bits per heavy atom. The second-order valence-corrected chi connectivity index (χ2v) is 5.65. The molecule has 1 aromatic rings. The van der Waals surface area contributed by atoms with E-state index in [1.807, 2.05) is 0 Å². The Hall–Kier alpha value is -0.470. The van der Waals surface area contributed by atoms with Gasteiger partial charge in [0.25, 0.3) is 0 Å². The summed E-state index contributed by atoms with van der Waals surface area (Å²) in [6.45, 7) is 4.56. The molecular weight excluding hydrogens is 226 g/mol. The van der Waals surface area contributed by atoms with Crippen LogP contribution in [0.3, 0.4) is 0 Å². The summed E-state index contributed by atoms with van der Waals surface area (Å²) >= 11 is 2.08. The van der Waals surface area contributed by atoms with Gasteiger partial charge in [0.1, 0.15) is 0 Å². The quantitative estimate of drug-likeness (QED) is 0.747. The predicted molar refractivity (Wildman–Crippen MR) is 79.6 cm³/mol. The highest BCUT2D eigenvalue weighted by molar-refractivity contribution is 7.99. The van der Waals surface area contributed by atoms with Crippen molar-refractivity contribution in [3.63, 3.8) is 0 Å². The van der Waals surface area contributed by atoms with Gasteiger partial charge in [-0.3, -0.25) is 0 Å². The van der Waals surface area contributed by atoms with E-state index in [4.69, 9.17) is 0 Å². The zero-order valence-electron chi connectivity index (χ0n) is 11.3. The summed E-state index contributed by atoms with van der Waals surface area (Å²) in [7, 11) is 2.09.